The lowest BCUT2D eigenvalue weighted by molar-refractivity contribution is -0.156. The number of para-hydroxylation sites is 1. The highest BCUT2D eigenvalue weighted by molar-refractivity contribution is 5.85. The van der Waals surface area contributed by atoms with Crippen LogP contribution in [-0.2, 0) is 6.42 Å². The first-order valence-corrected chi connectivity index (χ1v) is 6.79. The molecule has 0 bridgehead atoms. The fourth-order valence-electron chi connectivity index (χ4n) is 3.26. The van der Waals surface area contributed by atoms with Gasteiger partial charge in [0, 0.05) is 28.7 Å². The number of rotatable bonds is 1. The van der Waals surface area contributed by atoms with Gasteiger partial charge in [0.2, 0.25) is 0 Å². The van der Waals surface area contributed by atoms with Crippen LogP contribution in [-0.4, -0.2) is 28.6 Å². The van der Waals surface area contributed by atoms with Gasteiger partial charge in [0.1, 0.15) is 0 Å². The van der Waals surface area contributed by atoms with Gasteiger partial charge in [-0.1, -0.05) is 18.2 Å². The van der Waals surface area contributed by atoms with Crippen LogP contribution in [0, 0.1) is 0 Å². The normalized spacial score (nSPS) is 24.1. The Bertz CT molecular complexity index is 630. The average Bonchev–Trinajstić information content (AvgIpc) is 2.73. The highest BCUT2D eigenvalue weighted by atomic mass is 19.4. The fraction of sp³-hybridized carbons (Fsp3) is 0.467. The molecule has 5 heteroatoms. The van der Waals surface area contributed by atoms with E-state index >= 15 is 0 Å². The number of nitrogens with one attached hydrogen (secondary N) is 1. The van der Waals surface area contributed by atoms with Crippen LogP contribution in [0.2, 0.25) is 0 Å². The monoisotopic (exact) mass is 282 g/mol. The van der Waals surface area contributed by atoms with E-state index in [2.05, 4.69) is 4.98 Å². The maximum absolute atomic E-state index is 12.7. The molecule has 1 aliphatic heterocycles. The number of fused-ring (bicyclic) bond motifs is 3. The molecule has 1 N–H and O–H groups in total. The van der Waals surface area contributed by atoms with Gasteiger partial charge in [0.25, 0.3) is 0 Å². The average molecular weight is 282 g/mol. The number of aromatic nitrogens is 1. The summed E-state index contributed by atoms with van der Waals surface area (Å²) in [6, 6.07) is 7.55. The summed E-state index contributed by atoms with van der Waals surface area (Å²) >= 11 is 0. The molecule has 3 rings (SSSR count). The molecule has 2 heterocycles. The summed E-state index contributed by atoms with van der Waals surface area (Å²) < 4.78 is 38.1. The van der Waals surface area contributed by atoms with Crippen molar-refractivity contribution < 1.29 is 13.2 Å². The van der Waals surface area contributed by atoms with E-state index in [0.29, 0.717) is 6.42 Å². The van der Waals surface area contributed by atoms with Crippen LogP contribution in [0.1, 0.15) is 31.1 Å². The topological polar surface area (TPSA) is 19.0 Å². The zero-order chi connectivity index (χ0) is 14.5. The summed E-state index contributed by atoms with van der Waals surface area (Å²) in [4.78, 5) is 4.82. The van der Waals surface area contributed by atoms with Gasteiger partial charge in [-0.15, -0.1) is 0 Å². The summed E-state index contributed by atoms with van der Waals surface area (Å²) in [5, 5.41) is 1.13. The molecule has 108 valence electrons. The molecule has 0 aliphatic carbocycles. The van der Waals surface area contributed by atoms with E-state index in [1.54, 1.807) is 0 Å². The Morgan fingerprint density at radius 1 is 1.25 bits per heavy atom. The molecule has 0 fully saturated rings. The highest BCUT2D eigenvalue weighted by Gasteiger charge is 2.39. The Kier molecular flexibility index (Phi) is 3.05. The SMILES string of the molecule is C[C@@H]1Cc2c([nH]c3ccccc23)[C@@H](C)N1CC(F)(F)F. The molecule has 0 amide bonds. The first-order valence-electron chi connectivity index (χ1n) is 6.79. The minimum absolute atomic E-state index is 0.113. The fourth-order valence-corrected chi connectivity index (χ4v) is 3.26. The Hall–Kier alpha value is -1.49. The molecule has 2 aromatic rings. The molecule has 0 unspecified atom stereocenters. The third kappa shape index (κ3) is 2.20. The molecular weight excluding hydrogens is 265 g/mol. The zero-order valence-corrected chi connectivity index (χ0v) is 11.5. The van der Waals surface area contributed by atoms with Gasteiger partial charge in [-0.2, -0.15) is 13.2 Å². The van der Waals surface area contributed by atoms with Gasteiger partial charge in [-0.25, -0.2) is 0 Å². The minimum atomic E-state index is -4.16. The number of hydrogen-bond acceptors (Lipinski definition) is 1. The molecule has 1 aromatic heterocycles. The number of hydrogen-bond donors (Lipinski definition) is 1. The van der Waals surface area contributed by atoms with E-state index in [0.717, 1.165) is 16.6 Å². The molecule has 0 radical (unpaired) electrons. The summed E-state index contributed by atoms with van der Waals surface area (Å²) in [6.45, 7) is 2.85. The molecule has 20 heavy (non-hydrogen) atoms. The van der Waals surface area contributed by atoms with Gasteiger partial charge >= 0.3 is 6.18 Å². The number of nitrogens with zero attached hydrogens (tertiary/aromatic N) is 1. The summed E-state index contributed by atoms with van der Waals surface area (Å²) in [7, 11) is 0. The van der Waals surface area contributed by atoms with Crippen molar-refractivity contribution in [2.45, 2.75) is 38.5 Å². The van der Waals surface area contributed by atoms with Crippen LogP contribution in [0.15, 0.2) is 24.3 Å². The molecule has 2 atom stereocenters. The highest BCUT2D eigenvalue weighted by Crippen LogP contribution is 2.38. The van der Waals surface area contributed by atoms with Crippen molar-refractivity contribution in [2.24, 2.45) is 0 Å². The Morgan fingerprint density at radius 2 is 1.95 bits per heavy atom. The maximum atomic E-state index is 12.7. The van der Waals surface area contributed by atoms with Crippen LogP contribution >= 0.6 is 0 Å². The lowest BCUT2D eigenvalue weighted by atomic mass is 9.93. The number of H-pyrrole nitrogens is 1. The molecular formula is C15H17F3N2. The van der Waals surface area contributed by atoms with Crippen molar-refractivity contribution in [1.82, 2.24) is 9.88 Å². The van der Waals surface area contributed by atoms with Crippen LogP contribution in [0.5, 0.6) is 0 Å². The smallest absolute Gasteiger partial charge is 0.357 e. The Labute approximate surface area is 115 Å². The Balaban J connectivity index is 2.03. The van der Waals surface area contributed by atoms with Crippen molar-refractivity contribution >= 4 is 10.9 Å². The second kappa shape index (κ2) is 4.52. The van der Waals surface area contributed by atoms with Crippen molar-refractivity contribution in [2.75, 3.05) is 6.54 Å². The predicted octanol–water partition coefficient (Wildman–Crippen LogP) is 4.04. The summed E-state index contributed by atoms with van der Waals surface area (Å²) in [6.07, 6.45) is -3.51. The quantitative estimate of drug-likeness (QED) is 0.836. The van der Waals surface area contributed by atoms with E-state index in [9.17, 15) is 13.2 Å². The molecule has 2 nitrogen and oxygen atoms in total. The van der Waals surface area contributed by atoms with E-state index < -0.39 is 12.7 Å². The number of halogens is 3. The lowest BCUT2D eigenvalue weighted by Crippen LogP contribution is -2.45. The first-order chi connectivity index (χ1) is 9.37. The number of alkyl halides is 3. The summed E-state index contributed by atoms with van der Waals surface area (Å²) in [5.41, 5.74) is 3.10. The third-order valence-electron chi connectivity index (χ3n) is 4.19. The van der Waals surface area contributed by atoms with Gasteiger partial charge < -0.3 is 4.98 Å². The minimum Gasteiger partial charge on any atom is -0.357 e. The number of benzene rings is 1. The van der Waals surface area contributed by atoms with Crippen LogP contribution in [0.3, 0.4) is 0 Å². The van der Waals surface area contributed by atoms with Crippen molar-refractivity contribution in [3.63, 3.8) is 0 Å². The van der Waals surface area contributed by atoms with E-state index in [1.807, 2.05) is 38.1 Å². The van der Waals surface area contributed by atoms with Gasteiger partial charge in [-0.05, 0) is 31.9 Å². The Morgan fingerprint density at radius 3 is 2.65 bits per heavy atom. The van der Waals surface area contributed by atoms with Gasteiger partial charge in [0.05, 0.1) is 6.54 Å². The number of aromatic amines is 1. The third-order valence-corrected chi connectivity index (χ3v) is 4.19. The van der Waals surface area contributed by atoms with Crippen molar-refractivity contribution in [1.29, 1.82) is 0 Å². The first kappa shape index (κ1) is 13.5. The van der Waals surface area contributed by atoms with Crippen LogP contribution in [0.4, 0.5) is 13.2 Å². The lowest BCUT2D eigenvalue weighted by Gasteiger charge is -2.39. The molecule has 1 aliphatic rings. The van der Waals surface area contributed by atoms with Crippen LogP contribution < -0.4 is 0 Å². The van der Waals surface area contributed by atoms with Crippen LogP contribution in [0.25, 0.3) is 10.9 Å². The van der Waals surface area contributed by atoms with E-state index in [-0.39, 0.29) is 12.1 Å². The molecule has 0 saturated heterocycles. The van der Waals surface area contributed by atoms with Gasteiger partial charge in [-0.3, -0.25) is 4.90 Å². The molecule has 0 spiro atoms. The summed E-state index contributed by atoms with van der Waals surface area (Å²) in [5.74, 6) is 0. The standard InChI is InChI=1S/C15H17F3N2/c1-9-7-12-11-5-3-4-6-13(11)19-14(12)10(2)20(9)8-15(16,17)18/h3-6,9-10,19H,7-8H2,1-2H3/t9-,10-/m1/s1. The van der Waals surface area contributed by atoms with Gasteiger partial charge in [0.15, 0.2) is 0 Å². The maximum Gasteiger partial charge on any atom is 0.401 e. The predicted molar refractivity (Wildman–Crippen MR) is 72.6 cm³/mol. The second-order valence-electron chi connectivity index (χ2n) is 5.58. The molecule has 0 saturated carbocycles. The van der Waals surface area contributed by atoms with Crippen molar-refractivity contribution in [3.8, 4) is 0 Å². The van der Waals surface area contributed by atoms with Crippen molar-refractivity contribution in [3.05, 3.63) is 35.5 Å². The van der Waals surface area contributed by atoms with E-state index in [4.69, 9.17) is 0 Å². The molecule has 1 aromatic carbocycles. The zero-order valence-electron chi connectivity index (χ0n) is 11.5. The largest absolute Gasteiger partial charge is 0.401 e. The second-order valence-corrected chi connectivity index (χ2v) is 5.58. The van der Waals surface area contributed by atoms with E-state index in [1.165, 1.54) is 10.5 Å².